The summed E-state index contributed by atoms with van der Waals surface area (Å²) in [7, 11) is 0. The van der Waals surface area contributed by atoms with E-state index in [2.05, 4.69) is 19.2 Å². The highest BCUT2D eigenvalue weighted by atomic mass is 16.8. The van der Waals surface area contributed by atoms with Crippen LogP contribution in [0, 0.1) is 0 Å². The zero-order valence-corrected chi connectivity index (χ0v) is 45.2. The van der Waals surface area contributed by atoms with Gasteiger partial charge in [0.2, 0.25) is 5.91 Å². The van der Waals surface area contributed by atoms with E-state index in [0.29, 0.717) is 12.8 Å². The van der Waals surface area contributed by atoms with Crippen molar-refractivity contribution in [2.24, 2.45) is 0 Å². The molecule has 16 nitrogen and oxygen atoms in total. The molecule has 2 aliphatic rings. The van der Waals surface area contributed by atoms with E-state index in [-0.39, 0.29) is 12.8 Å². The molecular weight excluding hydrogens is 927 g/mol. The molecule has 0 aromatic carbocycles. The van der Waals surface area contributed by atoms with Gasteiger partial charge in [-0.1, -0.05) is 232 Å². The number of unbranched alkanes of at least 4 members (excludes halogenated alkanes) is 32. The zero-order valence-electron chi connectivity index (χ0n) is 45.2. The number of amides is 1. The molecule has 1 unspecified atom stereocenters. The Morgan fingerprint density at radius 2 is 0.806 bits per heavy atom. The Hall–Kier alpha value is -1.09. The lowest BCUT2D eigenvalue weighted by atomic mass is 9.97. The minimum atomic E-state index is -1.87. The zero-order chi connectivity index (χ0) is 52.8. The third kappa shape index (κ3) is 28.3. The summed E-state index contributed by atoms with van der Waals surface area (Å²) < 4.78 is 23.0. The second-order valence-corrected chi connectivity index (χ2v) is 21.4. The number of ether oxygens (including phenoxy) is 4. The molecule has 0 radical (unpaired) electrons. The third-order valence-corrected chi connectivity index (χ3v) is 15.0. The highest BCUT2D eigenvalue weighted by Crippen LogP contribution is 2.30. The number of aliphatic hydroxyl groups excluding tert-OH is 10. The average Bonchev–Trinajstić information content (AvgIpc) is 3.38. The fraction of sp³-hybridized carbons (Fsp3) is 0.982. The second kappa shape index (κ2) is 43.0. The number of hydrogen-bond acceptors (Lipinski definition) is 15. The molecule has 72 heavy (non-hydrogen) atoms. The number of carbonyl (C=O) groups excluding carboxylic acids is 1. The lowest BCUT2D eigenvalue weighted by molar-refractivity contribution is -0.368. The van der Waals surface area contributed by atoms with Gasteiger partial charge in [0.1, 0.15) is 61.0 Å². The molecular formula is C56H109NO15. The Balaban J connectivity index is 1.89. The highest BCUT2D eigenvalue weighted by Gasteiger charge is 2.51. The van der Waals surface area contributed by atoms with E-state index in [1.165, 1.54) is 154 Å². The number of nitrogens with one attached hydrogen (secondary N) is 1. The average molecular weight is 1040 g/mol. The van der Waals surface area contributed by atoms with Crippen LogP contribution in [0.15, 0.2) is 0 Å². The SMILES string of the molecule is CCCCCCCCCCCCCCCCCCCCC[C@@H](O)C(=O)N[C@@H](CO[C@H]1O[C@H](CO)[C@H](O)[C@H](O)[C@H]1OC1O[C@H](CO)[C@H](O)[C@H](O)[C@H]1O)[C@H](O)[C@H](O)CCCCCCCCCCCCCCCCC. The normalized spacial score (nSPS) is 26.4. The maximum absolute atomic E-state index is 13.5. The largest absolute Gasteiger partial charge is 0.394 e. The molecule has 0 aliphatic carbocycles. The Bertz CT molecular complexity index is 1250. The molecule has 2 heterocycles. The first kappa shape index (κ1) is 67.0. The van der Waals surface area contributed by atoms with Gasteiger partial charge >= 0.3 is 0 Å². The van der Waals surface area contributed by atoms with Crippen molar-refractivity contribution in [1.82, 2.24) is 5.32 Å². The van der Waals surface area contributed by atoms with E-state index < -0.39 is 111 Å². The molecule has 2 aliphatic heterocycles. The molecule has 16 heteroatoms. The quantitative estimate of drug-likeness (QED) is 0.0268. The minimum Gasteiger partial charge on any atom is -0.394 e. The monoisotopic (exact) mass is 1040 g/mol. The maximum atomic E-state index is 13.5. The van der Waals surface area contributed by atoms with Crippen LogP contribution in [-0.4, -0.2) is 163 Å². The van der Waals surface area contributed by atoms with Crippen LogP contribution in [0.4, 0.5) is 0 Å². The molecule has 11 N–H and O–H groups in total. The molecule has 1 amide bonds. The summed E-state index contributed by atoms with van der Waals surface area (Å²) in [5, 5.41) is 109. The molecule has 0 aromatic heterocycles. The smallest absolute Gasteiger partial charge is 0.249 e. The van der Waals surface area contributed by atoms with Crippen molar-refractivity contribution in [2.45, 2.75) is 331 Å². The van der Waals surface area contributed by atoms with Crippen LogP contribution in [0.2, 0.25) is 0 Å². The Morgan fingerprint density at radius 1 is 0.458 bits per heavy atom. The van der Waals surface area contributed by atoms with Gasteiger partial charge in [-0.2, -0.15) is 0 Å². The summed E-state index contributed by atoms with van der Waals surface area (Å²) in [5.74, 6) is -0.772. The maximum Gasteiger partial charge on any atom is 0.249 e. The Morgan fingerprint density at radius 3 is 1.19 bits per heavy atom. The van der Waals surface area contributed by atoms with E-state index in [1.54, 1.807) is 0 Å². The number of aliphatic hydroxyl groups is 10. The lowest BCUT2D eigenvalue weighted by Gasteiger charge is -2.46. The minimum absolute atomic E-state index is 0.194. The van der Waals surface area contributed by atoms with Crippen LogP contribution in [-0.2, 0) is 23.7 Å². The first-order valence-corrected chi connectivity index (χ1v) is 29.5. The lowest BCUT2D eigenvalue weighted by Crippen LogP contribution is -2.65. The first-order valence-electron chi connectivity index (χ1n) is 29.5. The van der Waals surface area contributed by atoms with Gasteiger partial charge in [-0.05, 0) is 12.8 Å². The van der Waals surface area contributed by atoms with Crippen molar-refractivity contribution >= 4 is 5.91 Å². The summed E-state index contributed by atoms with van der Waals surface area (Å²) in [6.45, 7) is 2.43. The Kier molecular flexibility index (Phi) is 40.0. The number of carbonyl (C=O) groups is 1. The van der Waals surface area contributed by atoms with E-state index >= 15 is 0 Å². The van der Waals surface area contributed by atoms with E-state index in [4.69, 9.17) is 18.9 Å². The fourth-order valence-electron chi connectivity index (χ4n) is 10.1. The van der Waals surface area contributed by atoms with Crippen LogP contribution >= 0.6 is 0 Å². The van der Waals surface area contributed by atoms with Crippen molar-refractivity contribution in [2.75, 3.05) is 19.8 Å². The number of hydrogen-bond donors (Lipinski definition) is 11. The predicted molar refractivity (Wildman–Crippen MR) is 280 cm³/mol. The topological polar surface area (TPSA) is 268 Å². The van der Waals surface area contributed by atoms with Gasteiger partial charge in [-0.3, -0.25) is 4.79 Å². The molecule has 2 saturated heterocycles. The molecule has 0 saturated carbocycles. The molecule has 0 spiro atoms. The van der Waals surface area contributed by atoms with Gasteiger partial charge in [0.25, 0.3) is 0 Å². The second-order valence-electron chi connectivity index (χ2n) is 21.4. The van der Waals surface area contributed by atoms with Gasteiger partial charge in [0.05, 0.1) is 32.0 Å². The molecule has 14 atom stereocenters. The predicted octanol–water partition coefficient (Wildman–Crippen LogP) is 7.28. The van der Waals surface area contributed by atoms with Gasteiger partial charge in [-0.15, -0.1) is 0 Å². The van der Waals surface area contributed by atoms with Crippen molar-refractivity contribution in [3.05, 3.63) is 0 Å². The third-order valence-electron chi connectivity index (χ3n) is 15.0. The molecule has 428 valence electrons. The van der Waals surface area contributed by atoms with Gasteiger partial charge < -0.3 is 75.3 Å². The van der Waals surface area contributed by atoms with Gasteiger partial charge in [0.15, 0.2) is 12.6 Å². The summed E-state index contributed by atoms with van der Waals surface area (Å²) in [5.41, 5.74) is 0. The van der Waals surface area contributed by atoms with E-state index in [9.17, 15) is 55.9 Å². The Labute approximate surface area is 435 Å². The first-order chi connectivity index (χ1) is 34.9. The van der Waals surface area contributed by atoms with Crippen molar-refractivity contribution in [3.63, 3.8) is 0 Å². The molecule has 2 fully saturated rings. The van der Waals surface area contributed by atoms with Crippen LogP contribution in [0.3, 0.4) is 0 Å². The van der Waals surface area contributed by atoms with Crippen molar-refractivity contribution < 1.29 is 74.8 Å². The summed E-state index contributed by atoms with van der Waals surface area (Å²) >= 11 is 0. The van der Waals surface area contributed by atoms with E-state index in [0.717, 1.165) is 51.4 Å². The van der Waals surface area contributed by atoms with E-state index in [1.807, 2.05) is 0 Å². The summed E-state index contributed by atoms with van der Waals surface area (Å²) in [6, 6.07) is -1.31. The highest BCUT2D eigenvalue weighted by molar-refractivity contribution is 5.80. The number of rotatable bonds is 47. The van der Waals surface area contributed by atoms with Crippen LogP contribution < -0.4 is 5.32 Å². The summed E-state index contributed by atoms with van der Waals surface area (Å²) in [6.07, 6.45) is 20.5. The molecule has 2 rings (SSSR count). The van der Waals surface area contributed by atoms with Crippen molar-refractivity contribution in [3.8, 4) is 0 Å². The molecule has 0 bridgehead atoms. The summed E-state index contributed by atoms with van der Waals surface area (Å²) in [4.78, 5) is 13.5. The fourth-order valence-corrected chi connectivity index (χ4v) is 10.1. The van der Waals surface area contributed by atoms with Gasteiger partial charge in [0, 0.05) is 0 Å². The van der Waals surface area contributed by atoms with Crippen molar-refractivity contribution in [1.29, 1.82) is 0 Å². The van der Waals surface area contributed by atoms with Crippen LogP contribution in [0.25, 0.3) is 0 Å². The van der Waals surface area contributed by atoms with Gasteiger partial charge in [-0.25, -0.2) is 0 Å². The molecule has 0 aromatic rings. The van der Waals surface area contributed by atoms with Crippen LogP contribution in [0.5, 0.6) is 0 Å². The van der Waals surface area contributed by atoms with Crippen LogP contribution in [0.1, 0.15) is 245 Å². The standard InChI is InChI=1S/C56H109NO15/c1-3-5-7-9-11-13-15-17-19-20-21-22-24-26-28-30-32-34-36-38-44(61)54(68)57-42(47(62)43(60)37-35-33-31-29-27-25-23-18-16-14-12-10-8-6-4-2)41-69-56-53(51(66)49(64)46(40-59)71-56)72-55-52(67)50(65)48(63)45(39-58)70-55/h42-53,55-56,58-67H,3-41H2,1-2H3,(H,57,68)/t42-,43+,44+,45+,46+,47-,48-,49-,50-,51-,52+,53+,55?,56-/m0/s1.